The summed E-state index contributed by atoms with van der Waals surface area (Å²) in [6.07, 6.45) is 8.18. The lowest BCUT2D eigenvalue weighted by molar-refractivity contribution is 0.0715. The fraction of sp³-hybridized carbons (Fsp3) is 1.00. The number of rotatable bonds is 8. The summed E-state index contributed by atoms with van der Waals surface area (Å²) < 4.78 is 0. The molecule has 2 nitrogen and oxygen atoms in total. The highest BCUT2D eigenvalue weighted by Gasteiger charge is 2.32. The van der Waals surface area contributed by atoms with Crippen LogP contribution < -0.4 is 5.73 Å². The standard InChI is InChI=1S/C17H36N2/c1-5-8-15-9-10-16(12-18)17(11-15)19(7-3)13-14(4)6-2/h14-17H,5-13,18H2,1-4H3. The minimum absolute atomic E-state index is 0.733. The van der Waals surface area contributed by atoms with E-state index in [0.717, 1.165) is 30.3 Å². The second-order valence-electron chi connectivity index (χ2n) is 6.63. The molecule has 0 aromatic carbocycles. The molecule has 0 aromatic heterocycles. The predicted octanol–water partition coefficient (Wildman–Crippen LogP) is 3.90. The van der Waals surface area contributed by atoms with E-state index in [1.54, 1.807) is 0 Å². The minimum Gasteiger partial charge on any atom is -0.330 e. The zero-order valence-corrected chi connectivity index (χ0v) is 13.7. The SMILES string of the molecule is CCCC1CCC(CN)C(N(CC)CC(C)CC)C1. The van der Waals surface area contributed by atoms with Crippen molar-refractivity contribution in [3.05, 3.63) is 0 Å². The van der Waals surface area contributed by atoms with E-state index >= 15 is 0 Å². The summed E-state index contributed by atoms with van der Waals surface area (Å²) in [7, 11) is 0. The fourth-order valence-corrected chi connectivity index (χ4v) is 3.72. The van der Waals surface area contributed by atoms with Gasteiger partial charge in [-0.3, -0.25) is 0 Å². The molecule has 2 N–H and O–H groups in total. The van der Waals surface area contributed by atoms with Crippen LogP contribution in [0.5, 0.6) is 0 Å². The number of nitrogens with zero attached hydrogens (tertiary/aromatic N) is 1. The second-order valence-corrected chi connectivity index (χ2v) is 6.63. The molecule has 1 saturated carbocycles. The van der Waals surface area contributed by atoms with Crippen molar-refractivity contribution < 1.29 is 0 Å². The van der Waals surface area contributed by atoms with Crippen LogP contribution in [0.25, 0.3) is 0 Å². The molecule has 1 rings (SSSR count). The van der Waals surface area contributed by atoms with Gasteiger partial charge < -0.3 is 10.6 Å². The lowest BCUT2D eigenvalue weighted by atomic mass is 9.75. The Morgan fingerprint density at radius 1 is 1.21 bits per heavy atom. The second kappa shape index (κ2) is 8.97. The van der Waals surface area contributed by atoms with E-state index in [9.17, 15) is 0 Å². The van der Waals surface area contributed by atoms with Gasteiger partial charge in [-0.1, -0.05) is 53.4 Å². The van der Waals surface area contributed by atoms with Crippen molar-refractivity contribution >= 4 is 0 Å². The average molecular weight is 268 g/mol. The smallest absolute Gasteiger partial charge is 0.0138 e. The van der Waals surface area contributed by atoms with Gasteiger partial charge in [0.25, 0.3) is 0 Å². The summed E-state index contributed by atoms with van der Waals surface area (Å²) in [4.78, 5) is 2.73. The van der Waals surface area contributed by atoms with Crippen LogP contribution in [0.15, 0.2) is 0 Å². The molecule has 19 heavy (non-hydrogen) atoms. The van der Waals surface area contributed by atoms with Gasteiger partial charge in [0.05, 0.1) is 0 Å². The Morgan fingerprint density at radius 3 is 2.47 bits per heavy atom. The van der Waals surface area contributed by atoms with Crippen LogP contribution >= 0.6 is 0 Å². The predicted molar refractivity (Wildman–Crippen MR) is 85.3 cm³/mol. The molecular formula is C17H36N2. The van der Waals surface area contributed by atoms with Crippen LogP contribution in [0.4, 0.5) is 0 Å². The van der Waals surface area contributed by atoms with E-state index in [4.69, 9.17) is 5.73 Å². The van der Waals surface area contributed by atoms with Crippen LogP contribution in [-0.4, -0.2) is 30.6 Å². The van der Waals surface area contributed by atoms with E-state index in [0.29, 0.717) is 0 Å². The summed E-state index contributed by atoms with van der Waals surface area (Å²) in [6.45, 7) is 12.6. The first-order chi connectivity index (χ1) is 9.15. The molecule has 0 heterocycles. The van der Waals surface area contributed by atoms with E-state index in [-0.39, 0.29) is 0 Å². The molecule has 0 amide bonds. The Morgan fingerprint density at radius 2 is 1.95 bits per heavy atom. The van der Waals surface area contributed by atoms with Gasteiger partial charge >= 0.3 is 0 Å². The Labute approximate surface area is 121 Å². The molecule has 0 radical (unpaired) electrons. The molecule has 1 aliphatic carbocycles. The maximum absolute atomic E-state index is 6.04. The molecule has 0 aliphatic heterocycles. The van der Waals surface area contributed by atoms with Gasteiger partial charge in [-0.25, -0.2) is 0 Å². The van der Waals surface area contributed by atoms with Crippen molar-refractivity contribution in [3.63, 3.8) is 0 Å². The largest absolute Gasteiger partial charge is 0.330 e. The van der Waals surface area contributed by atoms with Crippen LogP contribution in [-0.2, 0) is 0 Å². The van der Waals surface area contributed by atoms with Gasteiger partial charge in [-0.15, -0.1) is 0 Å². The molecular weight excluding hydrogens is 232 g/mol. The van der Waals surface area contributed by atoms with Crippen LogP contribution in [0.2, 0.25) is 0 Å². The van der Waals surface area contributed by atoms with Crippen molar-refractivity contribution in [3.8, 4) is 0 Å². The summed E-state index contributed by atoms with van der Waals surface area (Å²) in [5, 5.41) is 0. The Balaban J connectivity index is 2.65. The van der Waals surface area contributed by atoms with Gasteiger partial charge in [0, 0.05) is 12.6 Å². The van der Waals surface area contributed by atoms with Crippen LogP contribution in [0.1, 0.15) is 66.2 Å². The maximum Gasteiger partial charge on any atom is 0.0138 e. The molecule has 114 valence electrons. The number of hydrogen-bond acceptors (Lipinski definition) is 2. The lowest BCUT2D eigenvalue weighted by Gasteiger charge is -2.43. The quantitative estimate of drug-likeness (QED) is 0.723. The van der Waals surface area contributed by atoms with Crippen molar-refractivity contribution in [1.82, 2.24) is 4.90 Å². The third kappa shape index (κ3) is 5.07. The highest BCUT2D eigenvalue weighted by Crippen LogP contribution is 2.34. The average Bonchev–Trinajstić information content (AvgIpc) is 2.44. The van der Waals surface area contributed by atoms with E-state index in [1.807, 2.05) is 0 Å². The van der Waals surface area contributed by atoms with Crippen molar-refractivity contribution in [2.45, 2.75) is 72.3 Å². The molecule has 4 atom stereocenters. The molecule has 1 fully saturated rings. The zero-order chi connectivity index (χ0) is 14.3. The van der Waals surface area contributed by atoms with Gasteiger partial charge in [0.1, 0.15) is 0 Å². The normalized spacial score (nSPS) is 29.7. The third-order valence-corrected chi connectivity index (χ3v) is 5.18. The highest BCUT2D eigenvalue weighted by molar-refractivity contribution is 4.87. The molecule has 2 heteroatoms. The maximum atomic E-state index is 6.04. The lowest BCUT2D eigenvalue weighted by Crippen LogP contribution is -2.48. The molecule has 0 bridgehead atoms. The molecule has 1 aliphatic rings. The van der Waals surface area contributed by atoms with Gasteiger partial charge in [0.2, 0.25) is 0 Å². The van der Waals surface area contributed by atoms with Gasteiger partial charge in [0.15, 0.2) is 0 Å². The molecule has 0 spiro atoms. The summed E-state index contributed by atoms with van der Waals surface area (Å²) in [5.41, 5.74) is 6.04. The minimum atomic E-state index is 0.733. The van der Waals surface area contributed by atoms with Crippen LogP contribution in [0.3, 0.4) is 0 Å². The van der Waals surface area contributed by atoms with E-state index in [2.05, 4.69) is 32.6 Å². The summed E-state index contributed by atoms with van der Waals surface area (Å²) >= 11 is 0. The first kappa shape index (κ1) is 17.0. The fourth-order valence-electron chi connectivity index (χ4n) is 3.72. The number of hydrogen-bond donors (Lipinski definition) is 1. The first-order valence-corrected chi connectivity index (χ1v) is 8.60. The Kier molecular flexibility index (Phi) is 8.01. The van der Waals surface area contributed by atoms with Crippen molar-refractivity contribution in [2.75, 3.05) is 19.6 Å². The number of nitrogens with two attached hydrogens (primary N) is 1. The Hall–Kier alpha value is -0.0800. The van der Waals surface area contributed by atoms with Crippen LogP contribution in [0, 0.1) is 17.8 Å². The highest BCUT2D eigenvalue weighted by atomic mass is 15.2. The topological polar surface area (TPSA) is 29.3 Å². The third-order valence-electron chi connectivity index (χ3n) is 5.18. The van der Waals surface area contributed by atoms with Crippen molar-refractivity contribution in [2.24, 2.45) is 23.5 Å². The van der Waals surface area contributed by atoms with Crippen molar-refractivity contribution in [1.29, 1.82) is 0 Å². The summed E-state index contributed by atoms with van der Waals surface area (Å²) in [5.74, 6) is 2.49. The van der Waals surface area contributed by atoms with Gasteiger partial charge in [-0.2, -0.15) is 0 Å². The molecule has 0 aromatic rings. The molecule has 4 unspecified atom stereocenters. The monoisotopic (exact) mass is 268 g/mol. The van der Waals surface area contributed by atoms with Gasteiger partial charge in [-0.05, 0) is 43.7 Å². The first-order valence-electron chi connectivity index (χ1n) is 8.60. The van der Waals surface area contributed by atoms with E-state index in [1.165, 1.54) is 51.6 Å². The summed E-state index contributed by atoms with van der Waals surface area (Å²) in [6, 6.07) is 0.745. The molecule has 0 saturated heterocycles. The zero-order valence-electron chi connectivity index (χ0n) is 13.7. The van der Waals surface area contributed by atoms with E-state index < -0.39 is 0 Å². The Bertz CT molecular complexity index is 229.